The maximum atomic E-state index is 12.4. The quantitative estimate of drug-likeness (QED) is 0.815. The number of likely N-dealkylation sites (N-methyl/N-ethyl adjacent to an activating group) is 1. The molecule has 0 aromatic carbocycles. The predicted octanol–water partition coefficient (Wildman–Crippen LogP) is 2.93. The largest absolute Gasteiger partial charge is 0.353 e. The van der Waals surface area contributed by atoms with Crippen LogP contribution in [0.3, 0.4) is 0 Å². The molecule has 4 heteroatoms. The van der Waals surface area contributed by atoms with Crippen molar-refractivity contribution in [1.82, 2.24) is 10.2 Å². The molecule has 2 saturated carbocycles. The van der Waals surface area contributed by atoms with E-state index in [1.165, 1.54) is 37.7 Å². The minimum Gasteiger partial charge on any atom is -0.353 e. The van der Waals surface area contributed by atoms with Crippen LogP contribution in [0, 0.1) is 0 Å². The molecular formula is C18H28N2O2. The summed E-state index contributed by atoms with van der Waals surface area (Å²) in [6, 6.07) is 0.582. The average molecular weight is 304 g/mol. The molecule has 0 aromatic heterocycles. The fourth-order valence-electron chi connectivity index (χ4n) is 4.32. The molecule has 1 N–H and O–H groups in total. The zero-order valence-corrected chi connectivity index (χ0v) is 13.7. The number of amides is 2. The molecule has 2 aliphatic carbocycles. The molecule has 122 valence electrons. The first-order chi connectivity index (χ1) is 10.7. The van der Waals surface area contributed by atoms with Gasteiger partial charge in [-0.25, -0.2) is 0 Å². The van der Waals surface area contributed by atoms with Crippen LogP contribution in [0.25, 0.3) is 0 Å². The highest BCUT2D eigenvalue weighted by molar-refractivity contribution is 6.02. The Bertz CT molecular complexity index is 475. The SMILES string of the molecule is CN1C(=O)C(CC(=O)NC2CCCCCC2)=C2CCCCC21. The second kappa shape index (κ2) is 6.84. The Morgan fingerprint density at radius 1 is 1.09 bits per heavy atom. The molecular weight excluding hydrogens is 276 g/mol. The van der Waals surface area contributed by atoms with Crippen molar-refractivity contribution < 1.29 is 9.59 Å². The summed E-state index contributed by atoms with van der Waals surface area (Å²) >= 11 is 0. The third kappa shape index (κ3) is 3.21. The average Bonchev–Trinajstić information content (AvgIpc) is 2.72. The van der Waals surface area contributed by atoms with E-state index in [4.69, 9.17) is 0 Å². The minimum atomic E-state index is 0.0439. The van der Waals surface area contributed by atoms with Crippen molar-refractivity contribution in [2.45, 2.75) is 82.7 Å². The standard InChI is InChI=1S/C18H28N2O2/c1-20-16-11-7-6-10-14(16)15(18(20)22)12-17(21)19-13-8-4-2-3-5-9-13/h13,16H,2-12H2,1H3,(H,19,21). The molecule has 0 spiro atoms. The van der Waals surface area contributed by atoms with Crippen LogP contribution in [0.4, 0.5) is 0 Å². The maximum absolute atomic E-state index is 12.4. The summed E-state index contributed by atoms with van der Waals surface area (Å²) in [5, 5.41) is 3.17. The fraction of sp³-hybridized carbons (Fsp3) is 0.778. The lowest BCUT2D eigenvalue weighted by Crippen LogP contribution is -2.35. The fourth-order valence-corrected chi connectivity index (χ4v) is 4.32. The molecule has 3 aliphatic rings. The third-order valence-electron chi connectivity index (χ3n) is 5.57. The van der Waals surface area contributed by atoms with Gasteiger partial charge in [-0.3, -0.25) is 9.59 Å². The summed E-state index contributed by atoms with van der Waals surface area (Å²) in [4.78, 5) is 26.7. The number of hydrogen-bond acceptors (Lipinski definition) is 2. The van der Waals surface area contributed by atoms with Gasteiger partial charge in [-0.2, -0.15) is 0 Å². The molecule has 0 radical (unpaired) electrons. The second-order valence-electron chi connectivity index (χ2n) is 7.11. The Labute approximate surface area is 133 Å². The van der Waals surface area contributed by atoms with Gasteiger partial charge in [0.2, 0.25) is 5.91 Å². The Hall–Kier alpha value is -1.32. The van der Waals surface area contributed by atoms with Gasteiger partial charge in [0.05, 0.1) is 12.5 Å². The highest BCUT2D eigenvalue weighted by Gasteiger charge is 2.38. The third-order valence-corrected chi connectivity index (χ3v) is 5.57. The summed E-state index contributed by atoms with van der Waals surface area (Å²) < 4.78 is 0. The summed E-state index contributed by atoms with van der Waals surface area (Å²) in [5.74, 6) is 0.125. The van der Waals surface area contributed by atoms with E-state index in [-0.39, 0.29) is 24.3 Å². The zero-order chi connectivity index (χ0) is 15.5. The van der Waals surface area contributed by atoms with E-state index in [0.717, 1.165) is 37.7 Å². The van der Waals surface area contributed by atoms with Crippen LogP contribution in [-0.4, -0.2) is 35.8 Å². The highest BCUT2D eigenvalue weighted by atomic mass is 16.2. The maximum Gasteiger partial charge on any atom is 0.250 e. The van der Waals surface area contributed by atoms with E-state index >= 15 is 0 Å². The smallest absolute Gasteiger partial charge is 0.250 e. The summed E-state index contributed by atoms with van der Waals surface area (Å²) in [6.45, 7) is 0. The van der Waals surface area contributed by atoms with Gasteiger partial charge in [0, 0.05) is 18.7 Å². The van der Waals surface area contributed by atoms with E-state index in [1.54, 1.807) is 0 Å². The Kier molecular flexibility index (Phi) is 4.84. The molecule has 1 unspecified atom stereocenters. The first-order valence-corrected chi connectivity index (χ1v) is 8.95. The summed E-state index contributed by atoms with van der Waals surface area (Å²) in [5.41, 5.74) is 2.04. The Balaban J connectivity index is 1.63. The predicted molar refractivity (Wildman–Crippen MR) is 86.3 cm³/mol. The number of carbonyl (C=O) groups excluding carboxylic acids is 2. The van der Waals surface area contributed by atoms with Crippen molar-refractivity contribution >= 4 is 11.8 Å². The first kappa shape index (κ1) is 15.6. The van der Waals surface area contributed by atoms with Gasteiger partial charge in [-0.15, -0.1) is 0 Å². The lowest BCUT2D eigenvalue weighted by molar-refractivity contribution is -0.128. The van der Waals surface area contributed by atoms with Crippen LogP contribution in [0.2, 0.25) is 0 Å². The highest BCUT2D eigenvalue weighted by Crippen LogP contribution is 2.36. The molecule has 2 fully saturated rings. The van der Waals surface area contributed by atoms with E-state index in [0.29, 0.717) is 6.04 Å². The van der Waals surface area contributed by atoms with Gasteiger partial charge in [0.25, 0.3) is 5.91 Å². The number of nitrogens with zero attached hydrogens (tertiary/aromatic N) is 1. The molecule has 3 rings (SSSR count). The van der Waals surface area contributed by atoms with E-state index < -0.39 is 0 Å². The molecule has 0 saturated heterocycles. The van der Waals surface area contributed by atoms with Crippen molar-refractivity contribution in [1.29, 1.82) is 0 Å². The van der Waals surface area contributed by atoms with Gasteiger partial charge >= 0.3 is 0 Å². The van der Waals surface area contributed by atoms with Crippen molar-refractivity contribution in [3.63, 3.8) is 0 Å². The molecule has 1 heterocycles. The molecule has 1 atom stereocenters. The number of carbonyl (C=O) groups is 2. The van der Waals surface area contributed by atoms with E-state index in [1.807, 2.05) is 11.9 Å². The van der Waals surface area contributed by atoms with E-state index in [9.17, 15) is 9.59 Å². The minimum absolute atomic E-state index is 0.0439. The lowest BCUT2D eigenvalue weighted by atomic mass is 9.88. The number of hydrogen-bond donors (Lipinski definition) is 1. The monoisotopic (exact) mass is 304 g/mol. The Morgan fingerprint density at radius 2 is 1.77 bits per heavy atom. The van der Waals surface area contributed by atoms with Gasteiger partial charge in [-0.1, -0.05) is 32.1 Å². The Morgan fingerprint density at radius 3 is 2.50 bits per heavy atom. The topological polar surface area (TPSA) is 49.4 Å². The van der Waals surface area contributed by atoms with Gasteiger partial charge < -0.3 is 10.2 Å². The molecule has 22 heavy (non-hydrogen) atoms. The van der Waals surface area contributed by atoms with Crippen molar-refractivity contribution in [2.24, 2.45) is 0 Å². The van der Waals surface area contributed by atoms with Crippen LogP contribution in [-0.2, 0) is 9.59 Å². The molecule has 0 aromatic rings. The number of nitrogens with one attached hydrogen (secondary N) is 1. The second-order valence-corrected chi connectivity index (χ2v) is 7.11. The summed E-state index contributed by atoms with van der Waals surface area (Å²) in [7, 11) is 1.88. The van der Waals surface area contributed by atoms with Gasteiger partial charge in [0.1, 0.15) is 0 Å². The van der Waals surface area contributed by atoms with Gasteiger partial charge in [-0.05, 0) is 37.7 Å². The number of fused-ring (bicyclic) bond motifs is 1. The van der Waals surface area contributed by atoms with Crippen molar-refractivity contribution in [3.05, 3.63) is 11.1 Å². The summed E-state index contributed by atoms with van der Waals surface area (Å²) in [6.07, 6.45) is 11.9. The van der Waals surface area contributed by atoms with Gasteiger partial charge in [0.15, 0.2) is 0 Å². The molecule has 2 amide bonds. The zero-order valence-electron chi connectivity index (χ0n) is 13.7. The van der Waals surface area contributed by atoms with Crippen molar-refractivity contribution in [3.8, 4) is 0 Å². The van der Waals surface area contributed by atoms with Crippen LogP contribution in [0.5, 0.6) is 0 Å². The lowest BCUT2D eigenvalue weighted by Gasteiger charge is -2.26. The normalized spacial score (nSPS) is 26.9. The van der Waals surface area contributed by atoms with E-state index in [2.05, 4.69) is 5.32 Å². The molecule has 0 bridgehead atoms. The molecule has 1 aliphatic heterocycles. The molecule has 4 nitrogen and oxygen atoms in total. The van der Waals surface area contributed by atoms with Crippen molar-refractivity contribution in [2.75, 3.05) is 7.05 Å². The first-order valence-electron chi connectivity index (χ1n) is 8.95. The van der Waals surface area contributed by atoms with Crippen LogP contribution < -0.4 is 5.32 Å². The number of rotatable bonds is 3. The van der Waals surface area contributed by atoms with Crippen LogP contribution in [0.1, 0.15) is 70.6 Å². The van der Waals surface area contributed by atoms with Crippen LogP contribution in [0.15, 0.2) is 11.1 Å². The van der Waals surface area contributed by atoms with Crippen LogP contribution >= 0.6 is 0 Å².